The van der Waals surface area contributed by atoms with Crippen LogP contribution in [0.2, 0.25) is 0 Å². The molecule has 0 fully saturated rings. The van der Waals surface area contributed by atoms with Crippen LogP contribution in [0.25, 0.3) is 0 Å². The maximum Gasteiger partial charge on any atom is 0.0940 e. The number of aromatic nitrogens is 1. The molecule has 1 heterocycles. The Kier molecular flexibility index (Phi) is 6.61. The molecule has 1 aromatic heterocycles. The zero-order chi connectivity index (χ0) is 11.8. The van der Waals surface area contributed by atoms with Crippen molar-refractivity contribution in [3.63, 3.8) is 0 Å². The second-order valence-electron chi connectivity index (χ2n) is 4.22. The zero-order valence-corrected chi connectivity index (χ0v) is 11.1. The standard InChI is InChI=1S/C12H23N3S/c1-3-4-11(13)5-7-14-8-6-12-15-10(2)9-16-12/h9,11,14H,3-8,13H2,1-2H3. The molecule has 3 N–H and O–H groups in total. The van der Waals surface area contributed by atoms with E-state index in [4.69, 9.17) is 5.73 Å². The van der Waals surface area contributed by atoms with Gasteiger partial charge in [0.15, 0.2) is 0 Å². The van der Waals surface area contributed by atoms with Crippen molar-refractivity contribution in [2.45, 2.75) is 45.6 Å². The Morgan fingerprint density at radius 1 is 1.44 bits per heavy atom. The molecule has 1 unspecified atom stereocenters. The Hall–Kier alpha value is -0.450. The van der Waals surface area contributed by atoms with Gasteiger partial charge in [-0.05, 0) is 26.3 Å². The average molecular weight is 241 g/mol. The van der Waals surface area contributed by atoms with E-state index in [0.717, 1.165) is 38.0 Å². The van der Waals surface area contributed by atoms with Crippen LogP contribution in [0.4, 0.5) is 0 Å². The van der Waals surface area contributed by atoms with Crippen molar-refractivity contribution in [2.75, 3.05) is 13.1 Å². The van der Waals surface area contributed by atoms with Crippen LogP contribution in [0.3, 0.4) is 0 Å². The Balaban J connectivity index is 2.00. The number of nitrogens with one attached hydrogen (secondary N) is 1. The summed E-state index contributed by atoms with van der Waals surface area (Å²) in [4.78, 5) is 4.43. The fourth-order valence-electron chi connectivity index (χ4n) is 1.64. The third-order valence-corrected chi connectivity index (χ3v) is 3.56. The molecule has 16 heavy (non-hydrogen) atoms. The van der Waals surface area contributed by atoms with E-state index >= 15 is 0 Å². The molecule has 4 heteroatoms. The predicted octanol–water partition coefficient (Wildman–Crippen LogP) is 2.10. The van der Waals surface area contributed by atoms with Crippen molar-refractivity contribution < 1.29 is 0 Å². The van der Waals surface area contributed by atoms with Gasteiger partial charge in [-0.1, -0.05) is 13.3 Å². The quantitative estimate of drug-likeness (QED) is 0.685. The minimum Gasteiger partial charge on any atom is -0.328 e. The molecule has 0 aromatic carbocycles. The molecule has 0 saturated carbocycles. The molecule has 0 bridgehead atoms. The molecule has 92 valence electrons. The van der Waals surface area contributed by atoms with Gasteiger partial charge in [0.1, 0.15) is 0 Å². The number of nitrogens with two attached hydrogens (primary N) is 1. The molecule has 0 amide bonds. The lowest BCUT2D eigenvalue weighted by atomic mass is 10.1. The first-order valence-electron chi connectivity index (χ1n) is 6.09. The van der Waals surface area contributed by atoms with E-state index < -0.39 is 0 Å². The van der Waals surface area contributed by atoms with Crippen LogP contribution in [-0.4, -0.2) is 24.1 Å². The van der Waals surface area contributed by atoms with E-state index in [0.29, 0.717) is 6.04 Å². The molecule has 3 nitrogen and oxygen atoms in total. The van der Waals surface area contributed by atoms with E-state index in [-0.39, 0.29) is 0 Å². The van der Waals surface area contributed by atoms with Gasteiger partial charge in [-0.25, -0.2) is 4.98 Å². The summed E-state index contributed by atoms with van der Waals surface area (Å²) in [5, 5.41) is 6.75. The minimum absolute atomic E-state index is 0.361. The second kappa shape index (κ2) is 7.76. The first-order chi connectivity index (χ1) is 7.72. The lowest BCUT2D eigenvalue weighted by molar-refractivity contribution is 0.528. The van der Waals surface area contributed by atoms with Gasteiger partial charge in [-0.3, -0.25) is 0 Å². The fourth-order valence-corrected chi connectivity index (χ4v) is 2.42. The predicted molar refractivity (Wildman–Crippen MR) is 70.9 cm³/mol. The van der Waals surface area contributed by atoms with E-state index in [1.165, 1.54) is 11.4 Å². The molecule has 1 rings (SSSR count). The summed E-state index contributed by atoms with van der Waals surface area (Å²) in [7, 11) is 0. The molecule has 1 aromatic rings. The van der Waals surface area contributed by atoms with Crippen LogP contribution in [-0.2, 0) is 6.42 Å². The van der Waals surface area contributed by atoms with Gasteiger partial charge in [0.25, 0.3) is 0 Å². The summed E-state index contributed by atoms with van der Waals surface area (Å²) >= 11 is 1.75. The Bertz CT molecular complexity index is 286. The van der Waals surface area contributed by atoms with E-state index in [2.05, 4.69) is 22.6 Å². The van der Waals surface area contributed by atoms with Crippen molar-refractivity contribution >= 4 is 11.3 Å². The number of aryl methyl sites for hydroxylation is 1. The number of nitrogens with zero attached hydrogens (tertiary/aromatic N) is 1. The minimum atomic E-state index is 0.361. The summed E-state index contributed by atoms with van der Waals surface area (Å²) in [6.07, 6.45) is 4.42. The van der Waals surface area contributed by atoms with Crippen LogP contribution in [0.15, 0.2) is 5.38 Å². The van der Waals surface area contributed by atoms with Gasteiger partial charge < -0.3 is 11.1 Å². The number of rotatable bonds is 8. The van der Waals surface area contributed by atoms with Crippen LogP contribution in [0.5, 0.6) is 0 Å². The molecule has 0 saturated heterocycles. The summed E-state index contributed by atoms with van der Waals surface area (Å²) in [6, 6.07) is 0.361. The van der Waals surface area contributed by atoms with Gasteiger partial charge in [-0.15, -0.1) is 11.3 Å². The highest BCUT2D eigenvalue weighted by atomic mass is 32.1. The molecule has 0 spiro atoms. The van der Waals surface area contributed by atoms with Crippen molar-refractivity contribution in [2.24, 2.45) is 5.73 Å². The zero-order valence-electron chi connectivity index (χ0n) is 10.3. The van der Waals surface area contributed by atoms with E-state index in [9.17, 15) is 0 Å². The maximum absolute atomic E-state index is 5.93. The largest absolute Gasteiger partial charge is 0.328 e. The Labute approximate surface area is 102 Å². The van der Waals surface area contributed by atoms with Gasteiger partial charge in [0, 0.05) is 30.1 Å². The molecule has 1 atom stereocenters. The lowest BCUT2D eigenvalue weighted by Gasteiger charge is -2.10. The Morgan fingerprint density at radius 3 is 2.88 bits per heavy atom. The summed E-state index contributed by atoms with van der Waals surface area (Å²) < 4.78 is 0. The van der Waals surface area contributed by atoms with Crippen molar-refractivity contribution in [3.05, 3.63) is 16.1 Å². The summed E-state index contributed by atoms with van der Waals surface area (Å²) in [6.45, 7) is 6.24. The highest BCUT2D eigenvalue weighted by Crippen LogP contribution is 2.08. The topological polar surface area (TPSA) is 50.9 Å². The fraction of sp³-hybridized carbons (Fsp3) is 0.750. The SMILES string of the molecule is CCCC(N)CCNCCc1nc(C)cs1. The van der Waals surface area contributed by atoms with Crippen LogP contribution in [0, 0.1) is 6.92 Å². The highest BCUT2D eigenvalue weighted by molar-refractivity contribution is 7.09. The van der Waals surface area contributed by atoms with Gasteiger partial charge in [0.05, 0.1) is 5.01 Å². The maximum atomic E-state index is 5.93. The molecule has 0 aliphatic heterocycles. The van der Waals surface area contributed by atoms with Crippen LogP contribution >= 0.6 is 11.3 Å². The number of thiazole rings is 1. The third-order valence-electron chi connectivity index (χ3n) is 2.53. The van der Waals surface area contributed by atoms with Crippen molar-refractivity contribution in [3.8, 4) is 0 Å². The monoisotopic (exact) mass is 241 g/mol. The summed E-state index contributed by atoms with van der Waals surface area (Å²) in [5.74, 6) is 0. The lowest BCUT2D eigenvalue weighted by Crippen LogP contribution is -2.27. The first kappa shape index (κ1) is 13.6. The highest BCUT2D eigenvalue weighted by Gasteiger charge is 2.01. The molecular formula is C12H23N3S. The first-order valence-corrected chi connectivity index (χ1v) is 6.97. The van der Waals surface area contributed by atoms with Gasteiger partial charge in [-0.2, -0.15) is 0 Å². The molecule has 0 aliphatic carbocycles. The third kappa shape index (κ3) is 5.58. The van der Waals surface area contributed by atoms with Crippen molar-refractivity contribution in [1.82, 2.24) is 10.3 Å². The van der Waals surface area contributed by atoms with E-state index in [1.807, 2.05) is 6.92 Å². The molecule has 0 radical (unpaired) electrons. The second-order valence-corrected chi connectivity index (χ2v) is 5.16. The number of hydrogen-bond donors (Lipinski definition) is 2. The molecular weight excluding hydrogens is 218 g/mol. The normalized spacial score (nSPS) is 12.9. The smallest absolute Gasteiger partial charge is 0.0940 e. The average Bonchev–Trinajstić information content (AvgIpc) is 2.64. The number of hydrogen-bond acceptors (Lipinski definition) is 4. The van der Waals surface area contributed by atoms with Crippen molar-refractivity contribution in [1.29, 1.82) is 0 Å². The van der Waals surface area contributed by atoms with Crippen LogP contribution < -0.4 is 11.1 Å². The van der Waals surface area contributed by atoms with Crippen LogP contribution in [0.1, 0.15) is 36.9 Å². The van der Waals surface area contributed by atoms with E-state index in [1.54, 1.807) is 11.3 Å². The summed E-state index contributed by atoms with van der Waals surface area (Å²) in [5.41, 5.74) is 7.06. The Morgan fingerprint density at radius 2 is 2.25 bits per heavy atom. The van der Waals surface area contributed by atoms with Gasteiger partial charge in [0.2, 0.25) is 0 Å². The molecule has 0 aliphatic rings. The van der Waals surface area contributed by atoms with Gasteiger partial charge >= 0.3 is 0 Å².